The normalized spacial score (nSPS) is 41.5. The van der Waals surface area contributed by atoms with Gasteiger partial charge in [0.1, 0.15) is 11.4 Å². The number of benzene rings is 1. The Balaban J connectivity index is 1.70. The van der Waals surface area contributed by atoms with Crippen molar-refractivity contribution in [3.63, 3.8) is 0 Å². The van der Waals surface area contributed by atoms with Gasteiger partial charge >= 0.3 is 0 Å². The van der Waals surface area contributed by atoms with Gasteiger partial charge in [0.15, 0.2) is 0 Å². The van der Waals surface area contributed by atoms with E-state index in [0.29, 0.717) is 18.4 Å². The number of carbonyl (C=O) groups is 1. The molecule has 0 aromatic heterocycles. The number of nitrogens with one attached hydrogen (secondary N) is 1. The fourth-order valence-electron chi connectivity index (χ4n) is 6.91. The smallest absolute Gasteiger partial charge is 0.252 e. The third-order valence-electron chi connectivity index (χ3n) is 8.91. The van der Waals surface area contributed by atoms with Crippen LogP contribution in [0.15, 0.2) is 12.1 Å². The van der Waals surface area contributed by atoms with Gasteiger partial charge < -0.3 is 15.2 Å². The van der Waals surface area contributed by atoms with Crippen molar-refractivity contribution >= 4 is 5.91 Å². The van der Waals surface area contributed by atoms with E-state index < -0.39 is 0 Å². The van der Waals surface area contributed by atoms with E-state index in [9.17, 15) is 9.90 Å². The number of rotatable bonds is 0. The molecule has 2 fully saturated rings. The van der Waals surface area contributed by atoms with Crippen LogP contribution in [0.25, 0.3) is 0 Å². The van der Waals surface area contributed by atoms with Gasteiger partial charge in [0.25, 0.3) is 5.91 Å². The minimum atomic E-state index is -0.277. The summed E-state index contributed by atoms with van der Waals surface area (Å²) in [5, 5.41) is 13.7. The van der Waals surface area contributed by atoms with Gasteiger partial charge in [-0.1, -0.05) is 33.8 Å². The summed E-state index contributed by atoms with van der Waals surface area (Å²) in [5.41, 5.74) is 2.67. The predicted octanol–water partition coefficient (Wildman–Crippen LogP) is 3.84. The van der Waals surface area contributed by atoms with Gasteiger partial charge in [0.2, 0.25) is 0 Å². The molecule has 0 saturated heterocycles. The lowest BCUT2D eigenvalue weighted by molar-refractivity contribution is -0.233. The molecule has 2 aliphatic carbocycles. The Morgan fingerprint density at radius 3 is 2.74 bits per heavy atom. The van der Waals surface area contributed by atoms with Crippen LogP contribution in [-0.4, -0.2) is 22.7 Å². The summed E-state index contributed by atoms with van der Waals surface area (Å²) in [4.78, 5) is 12.2. The van der Waals surface area contributed by atoms with Crippen LogP contribution < -0.4 is 10.1 Å². The lowest BCUT2D eigenvalue weighted by Crippen LogP contribution is -2.70. The van der Waals surface area contributed by atoms with Gasteiger partial charge in [-0.3, -0.25) is 4.79 Å². The Morgan fingerprint density at radius 2 is 1.96 bits per heavy atom. The number of fused-ring (bicyclic) bond motifs is 3. The molecule has 2 saturated carbocycles. The second-order valence-corrected chi connectivity index (χ2v) is 10.3. The minimum Gasteiger partial charge on any atom is -0.486 e. The molecular weight excluding hydrogens is 338 g/mol. The average Bonchev–Trinajstić information content (AvgIpc) is 3.00. The number of hydrogen-bond donors (Lipinski definition) is 2. The highest BCUT2D eigenvalue weighted by Crippen LogP contribution is 2.66. The molecule has 0 bridgehead atoms. The third kappa shape index (κ3) is 2.00. The average molecular weight is 370 g/mol. The van der Waals surface area contributed by atoms with Gasteiger partial charge in [-0.15, -0.1) is 0 Å². The van der Waals surface area contributed by atoms with Gasteiger partial charge in [-0.05, 0) is 55.1 Å². The molecule has 1 amide bonds. The second-order valence-electron chi connectivity index (χ2n) is 10.3. The second kappa shape index (κ2) is 5.28. The molecule has 0 radical (unpaired) electrons. The van der Waals surface area contributed by atoms with Crippen molar-refractivity contribution in [2.75, 3.05) is 0 Å². The number of aliphatic hydroxyl groups excluding tert-OH is 1. The summed E-state index contributed by atoms with van der Waals surface area (Å²) in [7, 11) is 0. The van der Waals surface area contributed by atoms with Crippen molar-refractivity contribution in [3.05, 3.63) is 28.8 Å². The van der Waals surface area contributed by atoms with E-state index >= 15 is 0 Å². The van der Waals surface area contributed by atoms with Crippen molar-refractivity contribution in [3.8, 4) is 5.75 Å². The van der Waals surface area contributed by atoms with Gasteiger partial charge in [0, 0.05) is 29.0 Å². The molecule has 2 N–H and O–H groups in total. The van der Waals surface area contributed by atoms with Gasteiger partial charge in [-0.25, -0.2) is 0 Å². The molecule has 5 atom stereocenters. The summed E-state index contributed by atoms with van der Waals surface area (Å²) in [6.07, 6.45) is 4.68. The first-order valence-corrected chi connectivity index (χ1v) is 10.5. The maximum atomic E-state index is 12.2. The first-order valence-electron chi connectivity index (χ1n) is 10.5. The third-order valence-corrected chi connectivity index (χ3v) is 8.91. The Hall–Kier alpha value is -1.55. The molecule has 27 heavy (non-hydrogen) atoms. The number of carbonyl (C=O) groups excluding carboxylic acids is 1. The summed E-state index contributed by atoms with van der Waals surface area (Å²) < 4.78 is 7.07. The van der Waals surface area contributed by atoms with Crippen LogP contribution in [0.4, 0.5) is 0 Å². The van der Waals surface area contributed by atoms with Crippen molar-refractivity contribution in [1.29, 1.82) is 0 Å². The van der Waals surface area contributed by atoms with Crippen molar-refractivity contribution in [2.24, 2.45) is 22.7 Å². The molecule has 1 aromatic carbocycles. The number of hydrogen-bond acceptors (Lipinski definition) is 3. The van der Waals surface area contributed by atoms with Crippen LogP contribution in [-0.2, 0) is 13.0 Å². The minimum absolute atomic E-state index is 0.00944. The SMILES string of the molecule is C[C@H]1CC[C@H]2C(C)(C)C(O)CC[C@]23Oc2c(ccc4c2CNC4=O)C[C@]13C. The molecular formula is C23H31NO3. The van der Waals surface area contributed by atoms with Gasteiger partial charge in [-0.2, -0.15) is 0 Å². The van der Waals surface area contributed by atoms with E-state index in [-0.39, 0.29) is 28.4 Å². The monoisotopic (exact) mass is 369 g/mol. The molecule has 2 heterocycles. The summed E-state index contributed by atoms with van der Waals surface area (Å²) >= 11 is 0. The Bertz CT molecular complexity index is 831. The lowest BCUT2D eigenvalue weighted by Gasteiger charge is -2.67. The zero-order valence-electron chi connectivity index (χ0n) is 16.9. The molecule has 146 valence electrons. The van der Waals surface area contributed by atoms with Gasteiger partial charge in [0.05, 0.1) is 6.10 Å². The quantitative estimate of drug-likeness (QED) is 0.730. The summed E-state index contributed by atoms with van der Waals surface area (Å²) in [6.45, 7) is 9.80. The number of ether oxygens (including phenoxy) is 1. The number of aliphatic hydroxyl groups is 1. The summed E-state index contributed by atoms with van der Waals surface area (Å²) in [5.74, 6) is 1.86. The Labute approximate surface area is 161 Å². The lowest BCUT2D eigenvalue weighted by atomic mass is 9.43. The van der Waals surface area contributed by atoms with Crippen LogP contribution in [0.2, 0.25) is 0 Å². The number of amides is 1. The maximum Gasteiger partial charge on any atom is 0.252 e. The highest BCUT2D eigenvalue weighted by molar-refractivity contribution is 5.99. The Morgan fingerprint density at radius 1 is 1.19 bits per heavy atom. The zero-order chi connectivity index (χ0) is 19.2. The molecule has 1 spiro atoms. The van der Waals surface area contributed by atoms with E-state index in [1.807, 2.05) is 6.07 Å². The van der Waals surface area contributed by atoms with E-state index in [0.717, 1.165) is 42.6 Å². The topological polar surface area (TPSA) is 58.6 Å². The van der Waals surface area contributed by atoms with Crippen molar-refractivity contribution in [1.82, 2.24) is 5.32 Å². The molecule has 4 nitrogen and oxygen atoms in total. The van der Waals surface area contributed by atoms with E-state index in [1.165, 1.54) is 12.0 Å². The fraction of sp³-hybridized carbons (Fsp3) is 0.696. The molecule has 4 heteroatoms. The molecule has 1 aromatic rings. The largest absolute Gasteiger partial charge is 0.486 e. The molecule has 1 unspecified atom stereocenters. The van der Waals surface area contributed by atoms with E-state index in [2.05, 4.69) is 39.1 Å². The van der Waals surface area contributed by atoms with Crippen LogP contribution in [0.1, 0.15) is 74.9 Å². The van der Waals surface area contributed by atoms with Crippen molar-refractivity contribution < 1.29 is 14.6 Å². The maximum absolute atomic E-state index is 12.2. The summed E-state index contributed by atoms with van der Waals surface area (Å²) in [6, 6.07) is 4.08. The van der Waals surface area contributed by atoms with Crippen LogP contribution in [0.3, 0.4) is 0 Å². The molecule has 2 aliphatic heterocycles. The molecule has 4 aliphatic rings. The van der Waals surface area contributed by atoms with Crippen LogP contribution in [0.5, 0.6) is 5.75 Å². The first-order chi connectivity index (χ1) is 12.7. The standard InChI is InChI=1S/C23H31NO3/c1-13-5-8-17-21(2,3)18(25)9-10-23(17)22(13,4)11-14-6-7-15-16(19(14)27-23)12-24-20(15)26/h6-7,13,17-18,25H,5,8-12H2,1-4H3,(H,24,26)/t13-,17-,18?,22+,23-/m0/s1. The van der Waals surface area contributed by atoms with Crippen molar-refractivity contribution in [2.45, 2.75) is 78.0 Å². The highest BCUT2D eigenvalue weighted by atomic mass is 16.5. The first kappa shape index (κ1) is 17.5. The molecule has 5 rings (SSSR count). The van der Waals surface area contributed by atoms with E-state index in [1.54, 1.807) is 0 Å². The fourth-order valence-corrected chi connectivity index (χ4v) is 6.91. The highest BCUT2D eigenvalue weighted by Gasteiger charge is 2.67. The van der Waals surface area contributed by atoms with Crippen LogP contribution >= 0.6 is 0 Å². The van der Waals surface area contributed by atoms with Crippen LogP contribution in [0, 0.1) is 22.7 Å². The zero-order valence-corrected chi connectivity index (χ0v) is 16.9. The Kier molecular flexibility index (Phi) is 3.43. The predicted molar refractivity (Wildman–Crippen MR) is 104 cm³/mol. The van der Waals surface area contributed by atoms with E-state index in [4.69, 9.17) is 4.74 Å².